The molecule has 1 fully saturated rings. The molecule has 1 aliphatic rings. The van der Waals surface area contributed by atoms with E-state index < -0.39 is 19.5 Å². The molecule has 0 aromatic carbocycles. The fourth-order valence-electron chi connectivity index (χ4n) is 0.505. The number of halogens is 3. The predicted molar refractivity (Wildman–Crippen MR) is 30.1 cm³/mol. The highest BCUT2D eigenvalue weighted by Crippen LogP contribution is 2.60. The summed E-state index contributed by atoms with van der Waals surface area (Å²) in [5.41, 5.74) is 0. The molecule has 7 heteroatoms. The molecule has 10 heavy (non-hydrogen) atoms. The largest absolute Gasteiger partial charge is 0.428 e. The Morgan fingerprint density at radius 1 is 1.60 bits per heavy atom. The van der Waals surface area contributed by atoms with E-state index in [2.05, 4.69) is 9.05 Å². The zero-order valence-corrected chi connectivity index (χ0v) is 6.37. The minimum absolute atomic E-state index is 0.340. The van der Waals surface area contributed by atoms with Gasteiger partial charge in [-0.05, 0) is 0 Å². The minimum atomic E-state index is -3.99. The van der Waals surface area contributed by atoms with Crippen molar-refractivity contribution < 1.29 is 22.4 Å². The van der Waals surface area contributed by atoms with Crippen molar-refractivity contribution in [3.63, 3.8) is 0 Å². The summed E-state index contributed by atoms with van der Waals surface area (Å²) in [4.78, 5) is 0. The van der Waals surface area contributed by atoms with E-state index in [9.17, 15) is 13.3 Å². The zero-order chi connectivity index (χ0) is 7.83. The van der Waals surface area contributed by atoms with Crippen molar-refractivity contribution >= 4 is 18.2 Å². The molecule has 1 unspecified atom stereocenters. The molecule has 0 saturated carbocycles. The fourth-order valence-corrected chi connectivity index (χ4v) is 1.79. The molecule has 1 aliphatic heterocycles. The van der Waals surface area contributed by atoms with Crippen LogP contribution in [0.5, 0.6) is 0 Å². The van der Waals surface area contributed by atoms with Crippen molar-refractivity contribution in [1.82, 2.24) is 0 Å². The monoisotopic (exact) mass is 192 g/mol. The molecule has 0 N–H and O–H groups in total. The Labute approximate surface area is 60.6 Å². The van der Waals surface area contributed by atoms with Crippen LogP contribution in [0.25, 0.3) is 0 Å². The molecular formula is C3H4ClF2O3P. The Kier molecular flexibility index (Phi) is 2.02. The van der Waals surface area contributed by atoms with Crippen LogP contribution in [0.2, 0.25) is 0 Å². The van der Waals surface area contributed by atoms with Crippen LogP contribution in [0.15, 0.2) is 0 Å². The number of hydrogen-bond donors (Lipinski definition) is 0. The van der Waals surface area contributed by atoms with Gasteiger partial charge in [-0.25, -0.2) is 9.09 Å². The second-order valence-electron chi connectivity index (χ2n) is 1.74. The average molecular weight is 192 g/mol. The van der Waals surface area contributed by atoms with Gasteiger partial charge >= 0.3 is 13.1 Å². The zero-order valence-electron chi connectivity index (χ0n) is 4.72. The Morgan fingerprint density at radius 2 is 2.20 bits per heavy atom. The highest BCUT2D eigenvalue weighted by atomic mass is 35.7. The Morgan fingerprint density at radius 3 is 2.50 bits per heavy atom. The summed E-state index contributed by atoms with van der Waals surface area (Å²) in [6, 6.07) is 0. The smallest absolute Gasteiger partial charge is 0.296 e. The topological polar surface area (TPSA) is 35.5 Å². The van der Waals surface area contributed by atoms with E-state index in [4.69, 9.17) is 11.2 Å². The number of rotatable bonds is 0. The molecule has 0 spiro atoms. The molecule has 3 nitrogen and oxygen atoms in total. The van der Waals surface area contributed by atoms with E-state index in [1.54, 1.807) is 0 Å². The number of hydrogen-bond acceptors (Lipinski definition) is 3. The molecule has 0 radical (unpaired) electrons. The van der Waals surface area contributed by atoms with Gasteiger partial charge in [-0.1, -0.05) is 0 Å². The maximum atomic E-state index is 12.1. The highest BCUT2D eigenvalue weighted by Gasteiger charge is 2.44. The summed E-state index contributed by atoms with van der Waals surface area (Å²) in [5, 5.41) is 0. The molecule has 0 aliphatic carbocycles. The van der Waals surface area contributed by atoms with Crippen molar-refractivity contribution in [2.24, 2.45) is 0 Å². The first kappa shape index (κ1) is 8.40. The Hall–Kier alpha value is 0.300. The van der Waals surface area contributed by atoms with E-state index in [-0.39, 0.29) is 6.61 Å². The molecule has 0 aromatic heterocycles. The van der Waals surface area contributed by atoms with Gasteiger partial charge in [-0.3, -0.25) is 4.52 Å². The summed E-state index contributed by atoms with van der Waals surface area (Å²) in [7, 11) is 0. The van der Waals surface area contributed by atoms with Gasteiger partial charge in [0.05, 0.1) is 13.0 Å². The predicted octanol–water partition coefficient (Wildman–Crippen LogP) is 2.36. The third-order valence-corrected chi connectivity index (χ3v) is 2.36. The molecule has 1 atom stereocenters. The van der Waals surface area contributed by atoms with E-state index in [0.717, 1.165) is 0 Å². The van der Waals surface area contributed by atoms with Crippen LogP contribution in [-0.2, 0) is 13.6 Å². The maximum absolute atomic E-state index is 12.1. The summed E-state index contributed by atoms with van der Waals surface area (Å²) < 4.78 is 42.6. The molecular weight excluding hydrogens is 188 g/mol. The van der Waals surface area contributed by atoms with E-state index >= 15 is 0 Å². The van der Waals surface area contributed by atoms with Crippen molar-refractivity contribution in [2.45, 2.75) is 12.5 Å². The molecule has 1 heterocycles. The van der Waals surface area contributed by atoms with Crippen LogP contribution in [0.3, 0.4) is 0 Å². The summed E-state index contributed by atoms with van der Waals surface area (Å²) in [6.07, 6.45) is -4.01. The van der Waals surface area contributed by atoms with Gasteiger partial charge in [0.1, 0.15) is 0 Å². The van der Waals surface area contributed by atoms with Gasteiger partial charge in [0.2, 0.25) is 0 Å². The molecule has 1 rings (SSSR count). The van der Waals surface area contributed by atoms with Crippen molar-refractivity contribution in [1.29, 1.82) is 0 Å². The summed E-state index contributed by atoms with van der Waals surface area (Å²) in [5.74, 6) is 0. The quantitative estimate of drug-likeness (QED) is 0.553. The van der Waals surface area contributed by atoms with Crippen LogP contribution in [0.4, 0.5) is 8.78 Å². The first-order chi connectivity index (χ1) is 4.41. The van der Waals surface area contributed by atoms with Crippen molar-refractivity contribution in [3.8, 4) is 0 Å². The van der Waals surface area contributed by atoms with Crippen molar-refractivity contribution in [2.75, 3.05) is 6.61 Å². The highest BCUT2D eigenvalue weighted by molar-refractivity contribution is 7.81. The summed E-state index contributed by atoms with van der Waals surface area (Å²) in [6.45, 7) is -4.33. The van der Waals surface area contributed by atoms with Crippen LogP contribution < -0.4 is 0 Å². The molecule has 1 saturated heterocycles. The lowest BCUT2D eigenvalue weighted by Crippen LogP contribution is -2.25. The lowest BCUT2D eigenvalue weighted by atomic mass is 10.4. The van der Waals surface area contributed by atoms with Gasteiger partial charge in [-0.15, -0.1) is 0 Å². The van der Waals surface area contributed by atoms with Gasteiger partial charge in [0.25, 0.3) is 0 Å². The number of alkyl halides is 2. The minimum Gasteiger partial charge on any atom is -0.296 e. The fraction of sp³-hybridized carbons (Fsp3) is 1.00. The first-order valence-electron chi connectivity index (χ1n) is 2.44. The van der Waals surface area contributed by atoms with E-state index in [0.29, 0.717) is 0 Å². The van der Waals surface area contributed by atoms with Gasteiger partial charge in [0, 0.05) is 11.2 Å². The van der Waals surface area contributed by atoms with Crippen LogP contribution in [0, 0.1) is 0 Å². The SMILES string of the molecule is O=P1(Cl)OCCC(F)(F)O1. The van der Waals surface area contributed by atoms with Crippen molar-refractivity contribution in [3.05, 3.63) is 0 Å². The maximum Gasteiger partial charge on any atom is 0.428 e. The molecule has 0 amide bonds. The van der Waals surface area contributed by atoms with E-state index in [1.807, 2.05) is 0 Å². The van der Waals surface area contributed by atoms with Crippen LogP contribution >= 0.6 is 18.2 Å². The molecule has 0 bridgehead atoms. The second kappa shape index (κ2) is 2.41. The van der Waals surface area contributed by atoms with Gasteiger partial charge in [-0.2, -0.15) is 8.78 Å². The first-order valence-corrected chi connectivity index (χ1v) is 4.89. The lowest BCUT2D eigenvalue weighted by Gasteiger charge is -2.24. The van der Waals surface area contributed by atoms with E-state index in [1.165, 1.54) is 0 Å². The normalized spacial score (nSPS) is 39.5. The molecule has 60 valence electrons. The Bertz CT molecular complexity index is 185. The lowest BCUT2D eigenvalue weighted by molar-refractivity contribution is -0.203. The summed E-state index contributed by atoms with van der Waals surface area (Å²) >= 11 is 4.89. The van der Waals surface area contributed by atoms with Gasteiger partial charge in [0.15, 0.2) is 0 Å². The molecule has 0 aromatic rings. The van der Waals surface area contributed by atoms with Crippen LogP contribution in [0.1, 0.15) is 6.42 Å². The third kappa shape index (κ3) is 2.16. The standard InChI is InChI=1S/C3H4ClF2O3P/c4-10(7)8-2-1-3(5,6)9-10/h1-2H2. The third-order valence-electron chi connectivity index (χ3n) is 0.881. The van der Waals surface area contributed by atoms with Gasteiger partial charge < -0.3 is 0 Å². The average Bonchev–Trinajstić information content (AvgIpc) is 1.56. The Balaban J connectivity index is 2.66. The van der Waals surface area contributed by atoms with Crippen LogP contribution in [-0.4, -0.2) is 12.7 Å². The second-order valence-corrected chi connectivity index (χ2v) is 4.29.